The average molecular weight is 441 g/mol. The van der Waals surface area contributed by atoms with E-state index in [2.05, 4.69) is 14.7 Å². The molecule has 0 unspecified atom stereocenters. The Bertz CT molecular complexity index is 1440. The molecule has 2 heterocycles. The van der Waals surface area contributed by atoms with E-state index in [1.54, 1.807) is 30.3 Å². The number of anilines is 1. The summed E-state index contributed by atoms with van der Waals surface area (Å²) < 4.78 is 32.8. The van der Waals surface area contributed by atoms with Crippen LogP contribution in [-0.4, -0.2) is 29.9 Å². The Morgan fingerprint density at radius 3 is 2.53 bits per heavy atom. The molecule has 0 aliphatic rings. The number of carbonyl (C=O) groups excluding carboxylic acids is 1. The third-order valence-electron chi connectivity index (χ3n) is 4.29. The van der Waals surface area contributed by atoms with Crippen molar-refractivity contribution in [2.24, 2.45) is 0 Å². The van der Waals surface area contributed by atoms with Crippen LogP contribution in [0, 0.1) is 6.92 Å². The van der Waals surface area contributed by atoms with Gasteiger partial charge in [-0.05, 0) is 43.3 Å². The molecule has 0 aliphatic carbocycles. The number of fused-ring (bicyclic) bond motifs is 1. The summed E-state index contributed by atoms with van der Waals surface area (Å²) in [5.74, 6) is -0.416. The second-order valence-corrected chi connectivity index (χ2v) is 9.42. The summed E-state index contributed by atoms with van der Waals surface area (Å²) >= 11 is 0.956. The fourth-order valence-corrected chi connectivity index (χ4v) is 4.00. The average Bonchev–Trinajstić information content (AvgIpc) is 3.16. The fraction of sp³-hybridized carbons (Fsp3) is 0.100. The van der Waals surface area contributed by atoms with E-state index in [9.17, 15) is 18.0 Å². The Kier molecular flexibility index (Phi) is 4.96. The molecule has 0 fully saturated rings. The minimum Gasteiger partial charge on any atom is -0.451 e. The number of nitrogens with one attached hydrogen (secondary N) is 1. The van der Waals surface area contributed by atoms with E-state index in [1.165, 1.54) is 12.1 Å². The first-order valence-corrected chi connectivity index (χ1v) is 11.4. The largest absolute Gasteiger partial charge is 0.451 e. The van der Waals surface area contributed by atoms with Crippen molar-refractivity contribution in [2.75, 3.05) is 11.6 Å². The quantitative estimate of drug-likeness (QED) is 0.516. The molecule has 30 heavy (non-hydrogen) atoms. The molecule has 4 aromatic rings. The van der Waals surface area contributed by atoms with Gasteiger partial charge >= 0.3 is 0 Å². The SMILES string of the molecule is Cc1ccc2oc(C(=O)Nc3nc(-c4ccc(S(C)(=O)=O)cc4)ns3)cc(=O)c2c1. The van der Waals surface area contributed by atoms with Crippen molar-refractivity contribution in [1.29, 1.82) is 0 Å². The number of aryl methyl sites for hydroxylation is 1. The topological polar surface area (TPSA) is 119 Å². The zero-order chi connectivity index (χ0) is 21.5. The minimum atomic E-state index is -3.30. The van der Waals surface area contributed by atoms with Gasteiger partial charge in [0.25, 0.3) is 5.91 Å². The van der Waals surface area contributed by atoms with Crippen LogP contribution in [0.15, 0.2) is 62.6 Å². The Hall–Kier alpha value is -3.37. The summed E-state index contributed by atoms with van der Waals surface area (Å²) in [6, 6.07) is 12.4. The van der Waals surface area contributed by atoms with E-state index in [0.29, 0.717) is 22.4 Å². The fourth-order valence-electron chi connectivity index (χ4n) is 2.78. The number of nitrogens with zero attached hydrogens (tertiary/aromatic N) is 2. The van der Waals surface area contributed by atoms with Gasteiger partial charge in [-0.25, -0.2) is 8.42 Å². The lowest BCUT2D eigenvalue weighted by Gasteiger charge is -2.03. The molecule has 10 heteroatoms. The van der Waals surface area contributed by atoms with Crippen molar-refractivity contribution in [3.8, 4) is 11.4 Å². The summed E-state index contributed by atoms with van der Waals surface area (Å²) in [5, 5.41) is 3.19. The molecular weight excluding hydrogens is 426 g/mol. The first-order valence-electron chi connectivity index (χ1n) is 8.71. The highest BCUT2D eigenvalue weighted by Crippen LogP contribution is 2.23. The summed E-state index contributed by atoms with van der Waals surface area (Å²) in [6.45, 7) is 1.86. The molecule has 0 bridgehead atoms. The van der Waals surface area contributed by atoms with Crippen LogP contribution in [0.5, 0.6) is 0 Å². The van der Waals surface area contributed by atoms with Crippen molar-refractivity contribution < 1.29 is 17.6 Å². The molecule has 1 amide bonds. The van der Waals surface area contributed by atoms with E-state index in [-0.39, 0.29) is 21.2 Å². The summed E-state index contributed by atoms with van der Waals surface area (Å²) in [7, 11) is -3.30. The van der Waals surface area contributed by atoms with Crippen LogP contribution in [0.25, 0.3) is 22.4 Å². The first-order chi connectivity index (χ1) is 14.2. The van der Waals surface area contributed by atoms with Crippen LogP contribution in [-0.2, 0) is 9.84 Å². The van der Waals surface area contributed by atoms with Crippen LogP contribution in [0.1, 0.15) is 16.1 Å². The molecular formula is C20H15N3O5S2. The maximum absolute atomic E-state index is 12.5. The van der Waals surface area contributed by atoms with Gasteiger partial charge in [-0.1, -0.05) is 11.6 Å². The smallest absolute Gasteiger partial charge is 0.293 e. The first kappa shape index (κ1) is 19.9. The second-order valence-electron chi connectivity index (χ2n) is 6.65. The van der Waals surface area contributed by atoms with E-state index < -0.39 is 15.7 Å². The Labute approximate surface area is 175 Å². The lowest BCUT2D eigenvalue weighted by atomic mass is 10.1. The highest BCUT2D eigenvalue weighted by Gasteiger charge is 2.16. The van der Waals surface area contributed by atoms with Gasteiger partial charge in [0.2, 0.25) is 5.13 Å². The normalized spacial score (nSPS) is 11.5. The zero-order valence-electron chi connectivity index (χ0n) is 15.9. The van der Waals surface area contributed by atoms with Crippen LogP contribution < -0.4 is 10.7 Å². The van der Waals surface area contributed by atoms with Crippen molar-refractivity contribution in [3.63, 3.8) is 0 Å². The Morgan fingerprint density at radius 2 is 1.83 bits per heavy atom. The monoisotopic (exact) mass is 441 g/mol. The Morgan fingerprint density at radius 1 is 1.10 bits per heavy atom. The Balaban J connectivity index is 1.56. The standard InChI is InChI=1S/C20H15N3O5S2/c1-11-3-8-16-14(9-11)15(24)10-17(28-16)19(25)22-20-21-18(23-29-20)12-4-6-13(7-5-12)30(2,26)27/h3-10H,1-2H3,(H,21,22,23,25). The molecule has 0 radical (unpaired) electrons. The van der Waals surface area contributed by atoms with E-state index in [1.807, 2.05) is 6.92 Å². The molecule has 2 aromatic heterocycles. The van der Waals surface area contributed by atoms with Gasteiger partial charge in [0.05, 0.1) is 10.3 Å². The van der Waals surface area contributed by atoms with Crippen LogP contribution in [0.2, 0.25) is 0 Å². The number of benzene rings is 2. The molecule has 152 valence electrons. The maximum Gasteiger partial charge on any atom is 0.293 e. The van der Waals surface area contributed by atoms with E-state index >= 15 is 0 Å². The zero-order valence-corrected chi connectivity index (χ0v) is 17.5. The molecule has 0 aliphatic heterocycles. The van der Waals surface area contributed by atoms with E-state index in [4.69, 9.17) is 4.42 Å². The van der Waals surface area contributed by atoms with Gasteiger partial charge < -0.3 is 4.42 Å². The molecule has 1 N–H and O–H groups in total. The lowest BCUT2D eigenvalue weighted by molar-refractivity contribution is 0.0997. The third kappa shape index (κ3) is 4.00. The maximum atomic E-state index is 12.5. The summed E-state index contributed by atoms with van der Waals surface area (Å²) in [5.41, 5.74) is 1.53. The van der Waals surface area contributed by atoms with Gasteiger partial charge in [0.15, 0.2) is 26.9 Å². The van der Waals surface area contributed by atoms with Crippen molar-refractivity contribution in [2.45, 2.75) is 11.8 Å². The second kappa shape index (κ2) is 7.47. The van der Waals surface area contributed by atoms with Crippen molar-refractivity contribution in [1.82, 2.24) is 9.36 Å². The van der Waals surface area contributed by atoms with Crippen LogP contribution in [0.4, 0.5) is 5.13 Å². The summed E-state index contributed by atoms with van der Waals surface area (Å²) in [4.78, 5) is 29.2. The molecule has 0 atom stereocenters. The van der Waals surface area contributed by atoms with E-state index in [0.717, 1.165) is 29.4 Å². The predicted molar refractivity (Wildman–Crippen MR) is 114 cm³/mol. The van der Waals surface area contributed by atoms with Gasteiger partial charge in [-0.15, -0.1) is 0 Å². The minimum absolute atomic E-state index is 0.134. The highest BCUT2D eigenvalue weighted by molar-refractivity contribution is 7.90. The molecule has 4 rings (SSSR count). The number of amides is 1. The number of sulfone groups is 1. The predicted octanol–water partition coefficient (Wildman–Crippen LogP) is 3.28. The van der Waals surface area contributed by atoms with Gasteiger partial charge in [0.1, 0.15) is 5.58 Å². The molecule has 8 nitrogen and oxygen atoms in total. The van der Waals surface area contributed by atoms with Gasteiger partial charge in [0, 0.05) is 29.4 Å². The number of hydrogen-bond acceptors (Lipinski definition) is 8. The van der Waals surface area contributed by atoms with Crippen LogP contribution in [0.3, 0.4) is 0 Å². The molecule has 2 aromatic carbocycles. The molecule has 0 spiro atoms. The highest BCUT2D eigenvalue weighted by atomic mass is 32.2. The lowest BCUT2D eigenvalue weighted by Crippen LogP contribution is -2.14. The number of carbonyl (C=O) groups is 1. The third-order valence-corrected chi connectivity index (χ3v) is 6.05. The molecule has 0 saturated carbocycles. The molecule has 0 saturated heterocycles. The van der Waals surface area contributed by atoms with Crippen molar-refractivity contribution in [3.05, 3.63) is 70.1 Å². The van der Waals surface area contributed by atoms with Crippen molar-refractivity contribution >= 4 is 43.4 Å². The van der Waals surface area contributed by atoms with Gasteiger partial charge in [-0.2, -0.15) is 9.36 Å². The van der Waals surface area contributed by atoms with Crippen LogP contribution >= 0.6 is 11.5 Å². The number of hydrogen-bond donors (Lipinski definition) is 1. The number of rotatable bonds is 4. The number of aromatic nitrogens is 2. The summed E-state index contributed by atoms with van der Waals surface area (Å²) in [6.07, 6.45) is 1.13. The van der Waals surface area contributed by atoms with Gasteiger partial charge in [-0.3, -0.25) is 14.9 Å².